The number of nitrogens with one attached hydrogen (secondary N) is 1. The van der Waals surface area contributed by atoms with Gasteiger partial charge in [0.05, 0.1) is 5.02 Å². The minimum Gasteiger partial charge on any atom is -0.480 e. The maximum Gasteiger partial charge on any atom is 0.322 e. The standard InChI is InChI=1S/C12H15ClFNO4S/c1-12(2,3)10(11(16)17)15-20(18,19)9-6-7(14)4-5-8(9)13/h4-6,10,15H,1-3H3,(H,16,17)/t10-/m0/s1. The van der Waals surface area contributed by atoms with Crippen LogP contribution in [0.1, 0.15) is 20.8 Å². The molecule has 0 aliphatic heterocycles. The van der Waals surface area contributed by atoms with Crippen molar-refractivity contribution < 1.29 is 22.7 Å². The Kier molecular flexibility index (Phi) is 4.78. The number of carboxylic acid groups (broad SMARTS) is 1. The summed E-state index contributed by atoms with van der Waals surface area (Å²) in [4.78, 5) is 10.7. The van der Waals surface area contributed by atoms with Crippen molar-refractivity contribution in [3.05, 3.63) is 29.0 Å². The first-order valence-corrected chi connectivity index (χ1v) is 7.51. The molecule has 0 amide bonds. The second-order valence-electron chi connectivity index (χ2n) is 5.33. The number of aliphatic carboxylic acids is 1. The Morgan fingerprint density at radius 3 is 2.40 bits per heavy atom. The molecule has 2 N–H and O–H groups in total. The highest BCUT2D eigenvalue weighted by Crippen LogP contribution is 2.25. The molecule has 20 heavy (non-hydrogen) atoms. The molecule has 0 saturated heterocycles. The molecule has 1 aromatic rings. The number of benzene rings is 1. The van der Waals surface area contributed by atoms with Gasteiger partial charge in [0.25, 0.3) is 0 Å². The molecule has 0 bridgehead atoms. The number of sulfonamides is 1. The predicted octanol–water partition coefficient (Wildman–Crippen LogP) is 2.26. The summed E-state index contributed by atoms with van der Waals surface area (Å²) in [6.07, 6.45) is 0. The van der Waals surface area contributed by atoms with Gasteiger partial charge in [-0.1, -0.05) is 32.4 Å². The van der Waals surface area contributed by atoms with E-state index in [-0.39, 0.29) is 5.02 Å². The number of hydrogen-bond acceptors (Lipinski definition) is 3. The van der Waals surface area contributed by atoms with Crippen LogP contribution in [0, 0.1) is 11.2 Å². The lowest BCUT2D eigenvalue weighted by Gasteiger charge is -2.27. The monoisotopic (exact) mass is 323 g/mol. The van der Waals surface area contributed by atoms with Gasteiger partial charge in [-0.25, -0.2) is 12.8 Å². The number of carbonyl (C=O) groups is 1. The summed E-state index contributed by atoms with van der Waals surface area (Å²) in [7, 11) is -4.24. The van der Waals surface area contributed by atoms with Gasteiger partial charge < -0.3 is 5.11 Å². The van der Waals surface area contributed by atoms with Crippen LogP contribution in [0.4, 0.5) is 4.39 Å². The van der Waals surface area contributed by atoms with E-state index in [1.54, 1.807) is 20.8 Å². The third kappa shape index (κ3) is 3.91. The molecule has 8 heteroatoms. The average molecular weight is 324 g/mol. The Balaban J connectivity index is 3.24. The molecule has 0 fully saturated rings. The lowest BCUT2D eigenvalue weighted by Crippen LogP contribution is -2.49. The lowest BCUT2D eigenvalue weighted by atomic mass is 9.88. The smallest absolute Gasteiger partial charge is 0.322 e. The van der Waals surface area contributed by atoms with Crippen molar-refractivity contribution in [1.29, 1.82) is 0 Å². The van der Waals surface area contributed by atoms with Gasteiger partial charge in [0, 0.05) is 0 Å². The van der Waals surface area contributed by atoms with Crippen molar-refractivity contribution in [2.24, 2.45) is 5.41 Å². The van der Waals surface area contributed by atoms with Crippen molar-refractivity contribution >= 4 is 27.6 Å². The molecule has 0 unspecified atom stereocenters. The molecule has 0 aliphatic rings. The second kappa shape index (κ2) is 5.67. The summed E-state index contributed by atoms with van der Waals surface area (Å²) in [6.45, 7) is 4.71. The van der Waals surface area contributed by atoms with Gasteiger partial charge in [-0.05, 0) is 23.6 Å². The van der Waals surface area contributed by atoms with Crippen LogP contribution in [0.3, 0.4) is 0 Å². The Labute approximate surface area is 121 Å². The molecule has 0 aromatic heterocycles. The zero-order valence-corrected chi connectivity index (χ0v) is 12.7. The van der Waals surface area contributed by atoms with E-state index in [0.29, 0.717) is 0 Å². The Morgan fingerprint density at radius 2 is 1.95 bits per heavy atom. The molecule has 0 spiro atoms. The van der Waals surface area contributed by atoms with Crippen molar-refractivity contribution in [2.45, 2.75) is 31.7 Å². The summed E-state index contributed by atoms with van der Waals surface area (Å²) in [5, 5.41) is 8.93. The molecule has 1 aromatic carbocycles. The second-order valence-corrected chi connectivity index (χ2v) is 7.42. The van der Waals surface area contributed by atoms with E-state index in [1.807, 2.05) is 4.72 Å². The number of halogens is 2. The predicted molar refractivity (Wildman–Crippen MR) is 72.6 cm³/mol. The van der Waals surface area contributed by atoms with Crippen LogP contribution in [0.25, 0.3) is 0 Å². The van der Waals surface area contributed by atoms with E-state index in [4.69, 9.17) is 16.7 Å². The van der Waals surface area contributed by atoms with Crippen LogP contribution in [-0.2, 0) is 14.8 Å². The highest BCUT2D eigenvalue weighted by molar-refractivity contribution is 7.89. The highest BCUT2D eigenvalue weighted by atomic mass is 35.5. The van der Waals surface area contributed by atoms with Crippen molar-refractivity contribution in [2.75, 3.05) is 0 Å². The van der Waals surface area contributed by atoms with Crippen LogP contribution in [0.2, 0.25) is 5.02 Å². The van der Waals surface area contributed by atoms with Crippen LogP contribution < -0.4 is 4.72 Å². The fourth-order valence-corrected chi connectivity index (χ4v) is 3.41. The van der Waals surface area contributed by atoms with Gasteiger partial charge in [0.15, 0.2) is 0 Å². The molecule has 0 aliphatic carbocycles. The zero-order valence-electron chi connectivity index (χ0n) is 11.1. The first kappa shape index (κ1) is 16.9. The molecule has 5 nitrogen and oxygen atoms in total. The summed E-state index contributed by atoms with van der Waals surface area (Å²) in [6, 6.07) is 1.48. The first-order chi connectivity index (χ1) is 8.95. The number of carboxylic acids is 1. The molecule has 112 valence electrons. The summed E-state index contributed by atoms with van der Waals surface area (Å²) >= 11 is 5.72. The van der Waals surface area contributed by atoms with Gasteiger partial charge in [-0.15, -0.1) is 0 Å². The third-order valence-corrected chi connectivity index (χ3v) is 4.47. The summed E-state index contributed by atoms with van der Waals surface area (Å²) < 4.78 is 39.5. The molecule has 1 atom stereocenters. The van der Waals surface area contributed by atoms with E-state index in [0.717, 1.165) is 18.2 Å². The minimum atomic E-state index is -4.24. The SMILES string of the molecule is CC(C)(C)[C@@H](NS(=O)(=O)c1cc(F)ccc1Cl)C(=O)O. The van der Waals surface area contributed by atoms with Crippen LogP contribution in [-0.4, -0.2) is 25.5 Å². The number of hydrogen-bond donors (Lipinski definition) is 2. The van der Waals surface area contributed by atoms with E-state index in [1.165, 1.54) is 0 Å². The normalized spacial score (nSPS) is 14.1. The largest absolute Gasteiger partial charge is 0.480 e. The molecule has 1 rings (SSSR count). The molecular formula is C12H15ClFNO4S. The van der Waals surface area contributed by atoms with E-state index in [2.05, 4.69) is 0 Å². The van der Waals surface area contributed by atoms with Gasteiger partial charge in [-0.2, -0.15) is 4.72 Å². The zero-order chi connectivity index (χ0) is 15.7. The van der Waals surface area contributed by atoms with Crippen molar-refractivity contribution in [3.8, 4) is 0 Å². The topological polar surface area (TPSA) is 83.5 Å². The maximum atomic E-state index is 13.1. The first-order valence-electron chi connectivity index (χ1n) is 5.65. The third-order valence-electron chi connectivity index (χ3n) is 2.57. The van der Waals surface area contributed by atoms with Crippen molar-refractivity contribution in [1.82, 2.24) is 4.72 Å². The summed E-state index contributed by atoms with van der Waals surface area (Å²) in [5.41, 5.74) is -0.862. The van der Waals surface area contributed by atoms with Crippen LogP contribution in [0.15, 0.2) is 23.1 Å². The molecular weight excluding hydrogens is 309 g/mol. The fourth-order valence-electron chi connectivity index (χ4n) is 1.50. The average Bonchev–Trinajstić information content (AvgIpc) is 2.27. The Morgan fingerprint density at radius 1 is 1.40 bits per heavy atom. The van der Waals surface area contributed by atoms with Gasteiger partial charge in [0.2, 0.25) is 10.0 Å². The van der Waals surface area contributed by atoms with Gasteiger partial charge >= 0.3 is 5.97 Å². The Hall–Kier alpha value is -1.18. The van der Waals surface area contributed by atoms with Crippen LogP contribution >= 0.6 is 11.6 Å². The van der Waals surface area contributed by atoms with Gasteiger partial charge in [-0.3, -0.25) is 4.79 Å². The minimum absolute atomic E-state index is 0.183. The summed E-state index contributed by atoms with van der Waals surface area (Å²) in [5.74, 6) is -2.11. The highest BCUT2D eigenvalue weighted by Gasteiger charge is 2.36. The van der Waals surface area contributed by atoms with E-state index < -0.39 is 38.2 Å². The molecule has 0 saturated carbocycles. The fraction of sp³-hybridized carbons (Fsp3) is 0.417. The van der Waals surface area contributed by atoms with E-state index in [9.17, 15) is 17.6 Å². The van der Waals surface area contributed by atoms with Crippen LogP contribution in [0.5, 0.6) is 0 Å². The molecule has 0 heterocycles. The molecule has 0 radical (unpaired) electrons. The van der Waals surface area contributed by atoms with E-state index >= 15 is 0 Å². The Bertz CT molecular complexity index is 625. The maximum absolute atomic E-state index is 13.1. The quantitative estimate of drug-likeness (QED) is 0.890. The number of rotatable bonds is 4. The van der Waals surface area contributed by atoms with Crippen molar-refractivity contribution in [3.63, 3.8) is 0 Å². The lowest BCUT2D eigenvalue weighted by molar-refractivity contribution is -0.141. The van der Waals surface area contributed by atoms with Gasteiger partial charge in [0.1, 0.15) is 16.8 Å².